The van der Waals surface area contributed by atoms with Crippen molar-refractivity contribution in [3.8, 4) is 0 Å². The first kappa shape index (κ1) is 14.2. The van der Waals surface area contributed by atoms with E-state index in [-0.39, 0.29) is 5.91 Å². The number of hydrogen-bond acceptors (Lipinski definition) is 1. The molecule has 0 heterocycles. The van der Waals surface area contributed by atoms with Gasteiger partial charge in [-0.3, -0.25) is 4.79 Å². The maximum Gasteiger partial charge on any atom is 0.246 e. The predicted molar refractivity (Wildman–Crippen MR) is 65.8 cm³/mol. The van der Waals surface area contributed by atoms with Gasteiger partial charge >= 0.3 is 0 Å². The van der Waals surface area contributed by atoms with Gasteiger partial charge in [0.2, 0.25) is 5.91 Å². The minimum absolute atomic E-state index is 0.0426. The molecule has 0 aliphatic carbocycles. The van der Waals surface area contributed by atoms with Crippen LogP contribution in [0, 0.1) is 0 Å². The lowest BCUT2D eigenvalue weighted by Crippen LogP contribution is -2.18. The third-order valence-corrected chi connectivity index (χ3v) is 2.59. The number of amides is 1. The molecule has 0 aromatic carbocycles. The Bertz CT molecular complexity index is 197. The summed E-state index contributed by atoms with van der Waals surface area (Å²) in [4.78, 5) is 11.1. The Morgan fingerprint density at radius 3 is 2.33 bits per heavy atom. The number of allylic oxidation sites excluding steroid dienone is 1. The first-order chi connectivity index (χ1) is 7.22. The summed E-state index contributed by atoms with van der Waals surface area (Å²) in [6.45, 7) is 4.10. The summed E-state index contributed by atoms with van der Waals surface area (Å²) < 4.78 is 0. The van der Waals surface area contributed by atoms with Crippen LogP contribution in [0.25, 0.3) is 0 Å². The highest BCUT2D eigenvalue weighted by Gasteiger charge is 1.98. The van der Waals surface area contributed by atoms with E-state index in [9.17, 15) is 4.79 Å². The average Bonchev–Trinajstić information content (AvgIpc) is 2.26. The van der Waals surface area contributed by atoms with Crippen molar-refractivity contribution in [1.29, 1.82) is 0 Å². The molecular weight excluding hydrogens is 186 g/mol. The summed E-state index contributed by atoms with van der Waals surface area (Å²) in [7, 11) is 1.67. The molecule has 0 aliphatic rings. The fourth-order valence-corrected chi connectivity index (χ4v) is 1.53. The maximum absolute atomic E-state index is 11.1. The van der Waals surface area contributed by atoms with Crippen LogP contribution in [0.1, 0.15) is 58.8 Å². The van der Waals surface area contributed by atoms with Crippen molar-refractivity contribution in [2.24, 2.45) is 0 Å². The molecule has 0 fully saturated rings. The Hall–Kier alpha value is -0.790. The molecule has 0 saturated carbocycles. The molecule has 15 heavy (non-hydrogen) atoms. The number of likely N-dealkylation sites (N-methyl/N-ethyl adjacent to an activating group) is 1. The fourth-order valence-electron chi connectivity index (χ4n) is 1.53. The zero-order valence-electron chi connectivity index (χ0n) is 10.4. The molecular formula is C13H25NO. The van der Waals surface area contributed by atoms with E-state index in [4.69, 9.17) is 0 Å². The Labute approximate surface area is 94.1 Å². The van der Waals surface area contributed by atoms with E-state index in [1.165, 1.54) is 38.5 Å². The monoisotopic (exact) mass is 211 g/mol. The number of rotatable bonds is 8. The van der Waals surface area contributed by atoms with Crippen molar-refractivity contribution >= 4 is 5.91 Å². The molecule has 1 N–H and O–H groups in total. The Morgan fingerprint density at radius 2 is 1.73 bits per heavy atom. The van der Waals surface area contributed by atoms with Crippen LogP contribution in [0.2, 0.25) is 0 Å². The van der Waals surface area contributed by atoms with Gasteiger partial charge in [0.25, 0.3) is 0 Å². The summed E-state index contributed by atoms with van der Waals surface area (Å²) >= 11 is 0. The largest absolute Gasteiger partial charge is 0.355 e. The average molecular weight is 211 g/mol. The van der Waals surface area contributed by atoms with Crippen LogP contribution in [-0.2, 0) is 4.79 Å². The second-order valence-corrected chi connectivity index (χ2v) is 4.02. The minimum atomic E-state index is 0.0426. The zero-order valence-corrected chi connectivity index (χ0v) is 10.4. The molecule has 0 radical (unpaired) electrons. The molecule has 0 saturated heterocycles. The number of carbonyl (C=O) groups excluding carboxylic acids is 1. The van der Waals surface area contributed by atoms with Crippen molar-refractivity contribution in [2.45, 2.75) is 58.8 Å². The molecule has 88 valence electrons. The second-order valence-electron chi connectivity index (χ2n) is 4.02. The lowest BCUT2D eigenvalue weighted by atomic mass is 10.1. The van der Waals surface area contributed by atoms with Gasteiger partial charge in [0.1, 0.15) is 0 Å². The van der Waals surface area contributed by atoms with Gasteiger partial charge in [0.05, 0.1) is 0 Å². The van der Waals surface area contributed by atoms with E-state index in [1.54, 1.807) is 7.05 Å². The SMILES string of the molecule is CCCCCCCCC=C(C)C(=O)NC. The Kier molecular flexibility index (Phi) is 9.24. The molecule has 2 nitrogen and oxygen atoms in total. The predicted octanol–water partition coefficient (Wildman–Crippen LogP) is 3.43. The first-order valence-corrected chi connectivity index (χ1v) is 6.11. The zero-order chi connectivity index (χ0) is 11.5. The number of hydrogen-bond donors (Lipinski definition) is 1. The lowest BCUT2D eigenvalue weighted by molar-refractivity contribution is -0.117. The van der Waals surface area contributed by atoms with Gasteiger partial charge in [0.15, 0.2) is 0 Å². The maximum atomic E-state index is 11.1. The van der Waals surface area contributed by atoms with Crippen molar-refractivity contribution in [3.63, 3.8) is 0 Å². The van der Waals surface area contributed by atoms with E-state index in [2.05, 4.69) is 12.2 Å². The van der Waals surface area contributed by atoms with Crippen molar-refractivity contribution in [3.05, 3.63) is 11.6 Å². The standard InChI is InChI=1S/C13H25NO/c1-4-5-6-7-8-9-10-11-12(2)13(15)14-3/h11H,4-10H2,1-3H3,(H,14,15). The smallest absolute Gasteiger partial charge is 0.246 e. The fraction of sp³-hybridized carbons (Fsp3) is 0.769. The summed E-state index contributed by atoms with van der Waals surface area (Å²) in [5, 5.41) is 2.63. The van der Waals surface area contributed by atoms with Crippen LogP contribution in [0.15, 0.2) is 11.6 Å². The van der Waals surface area contributed by atoms with Gasteiger partial charge < -0.3 is 5.32 Å². The normalized spacial score (nSPS) is 11.5. The Balaban J connectivity index is 3.40. The molecule has 0 aliphatic heterocycles. The highest BCUT2D eigenvalue weighted by Crippen LogP contribution is 2.08. The van der Waals surface area contributed by atoms with Gasteiger partial charge in [0, 0.05) is 12.6 Å². The highest BCUT2D eigenvalue weighted by atomic mass is 16.1. The number of carbonyl (C=O) groups is 1. The Morgan fingerprint density at radius 1 is 1.13 bits per heavy atom. The van der Waals surface area contributed by atoms with Crippen LogP contribution in [0.4, 0.5) is 0 Å². The van der Waals surface area contributed by atoms with E-state index in [1.807, 2.05) is 13.0 Å². The van der Waals surface area contributed by atoms with Crippen LogP contribution in [0.3, 0.4) is 0 Å². The molecule has 0 rings (SSSR count). The van der Waals surface area contributed by atoms with Crippen LogP contribution in [0.5, 0.6) is 0 Å². The summed E-state index contributed by atoms with van der Waals surface area (Å²) in [6, 6.07) is 0. The van der Waals surface area contributed by atoms with E-state index in [0.29, 0.717) is 0 Å². The van der Waals surface area contributed by atoms with E-state index in [0.717, 1.165) is 12.0 Å². The van der Waals surface area contributed by atoms with Gasteiger partial charge in [-0.05, 0) is 19.8 Å². The summed E-state index contributed by atoms with van der Waals surface area (Å²) in [5.41, 5.74) is 0.839. The van der Waals surface area contributed by atoms with Gasteiger partial charge in [-0.15, -0.1) is 0 Å². The molecule has 0 aromatic heterocycles. The number of nitrogens with one attached hydrogen (secondary N) is 1. The minimum Gasteiger partial charge on any atom is -0.355 e. The number of unbranched alkanes of at least 4 members (excludes halogenated alkanes) is 6. The van der Waals surface area contributed by atoms with Gasteiger partial charge in [-0.1, -0.05) is 45.1 Å². The topological polar surface area (TPSA) is 29.1 Å². The molecule has 0 atom stereocenters. The highest BCUT2D eigenvalue weighted by molar-refractivity contribution is 5.92. The first-order valence-electron chi connectivity index (χ1n) is 6.11. The van der Waals surface area contributed by atoms with Crippen molar-refractivity contribution in [2.75, 3.05) is 7.05 Å². The van der Waals surface area contributed by atoms with Crippen LogP contribution < -0.4 is 5.32 Å². The van der Waals surface area contributed by atoms with Crippen molar-refractivity contribution in [1.82, 2.24) is 5.32 Å². The molecule has 1 amide bonds. The van der Waals surface area contributed by atoms with E-state index >= 15 is 0 Å². The molecule has 0 unspecified atom stereocenters. The van der Waals surface area contributed by atoms with Gasteiger partial charge in [-0.2, -0.15) is 0 Å². The summed E-state index contributed by atoms with van der Waals surface area (Å²) in [5.74, 6) is 0.0426. The molecule has 0 aromatic rings. The van der Waals surface area contributed by atoms with Crippen molar-refractivity contribution < 1.29 is 4.79 Å². The second kappa shape index (κ2) is 9.75. The third kappa shape index (κ3) is 8.22. The third-order valence-electron chi connectivity index (χ3n) is 2.59. The summed E-state index contributed by atoms with van der Waals surface area (Å²) in [6.07, 6.45) is 10.9. The van der Waals surface area contributed by atoms with Crippen LogP contribution in [-0.4, -0.2) is 13.0 Å². The van der Waals surface area contributed by atoms with Crippen LogP contribution >= 0.6 is 0 Å². The molecule has 0 spiro atoms. The lowest BCUT2D eigenvalue weighted by Gasteiger charge is -2.00. The molecule has 0 bridgehead atoms. The van der Waals surface area contributed by atoms with Gasteiger partial charge in [-0.25, -0.2) is 0 Å². The molecule has 2 heteroatoms. The quantitative estimate of drug-likeness (QED) is 0.483. The van der Waals surface area contributed by atoms with E-state index < -0.39 is 0 Å².